The Labute approximate surface area is 169 Å². The number of benzene rings is 2. The Balaban J connectivity index is 1.97. The molecular formula is C21H12Cl2O5. The van der Waals surface area contributed by atoms with E-state index in [4.69, 9.17) is 36.8 Å². The summed E-state index contributed by atoms with van der Waals surface area (Å²) in [5.74, 6) is -1.05. The van der Waals surface area contributed by atoms with Gasteiger partial charge in [-0.2, -0.15) is 0 Å². The van der Waals surface area contributed by atoms with Crippen molar-refractivity contribution in [2.24, 2.45) is 0 Å². The number of esters is 1. The molecule has 0 radical (unpaired) electrons. The van der Waals surface area contributed by atoms with Gasteiger partial charge in [0.1, 0.15) is 0 Å². The summed E-state index contributed by atoms with van der Waals surface area (Å²) in [6.07, 6.45) is 1.33. The van der Waals surface area contributed by atoms with Crippen LogP contribution in [0, 0.1) is 6.92 Å². The van der Waals surface area contributed by atoms with Crippen LogP contribution < -0.4 is 10.2 Å². The first-order valence-corrected chi connectivity index (χ1v) is 8.98. The lowest BCUT2D eigenvalue weighted by molar-refractivity contribution is 0.0698. The van der Waals surface area contributed by atoms with Crippen LogP contribution in [0.2, 0.25) is 10.0 Å². The largest absolute Gasteiger partial charge is 0.457 e. The number of ether oxygens (including phenoxy) is 1. The van der Waals surface area contributed by atoms with Gasteiger partial charge in [0.15, 0.2) is 11.3 Å². The third-order valence-electron chi connectivity index (χ3n) is 4.10. The fourth-order valence-corrected chi connectivity index (χ4v) is 3.26. The molecule has 0 spiro atoms. The van der Waals surface area contributed by atoms with E-state index in [9.17, 15) is 9.59 Å². The van der Waals surface area contributed by atoms with Crippen LogP contribution in [0.15, 0.2) is 68.4 Å². The molecule has 0 unspecified atom stereocenters. The van der Waals surface area contributed by atoms with Crippen LogP contribution >= 0.6 is 23.2 Å². The lowest BCUT2D eigenvalue weighted by atomic mass is 10.1. The first-order valence-electron chi connectivity index (χ1n) is 8.22. The van der Waals surface area contributed by atoms with Crippen LogP contribution in [0.1, 0.15) is 16.1 Å². The molecule has 0 atom stereocenters. The molecule has 0 aliphatic carbocycles. The van der Waals surface area contributed by atoms with Crippen LogP contribution in [-0.4, -0.2) is 5.97 Å². The van der Waals surface area contributed by atoms with E-state index < -0.39 is 11.4 Å². The average Bonchev–Trinajstić information content (AvgIpc) is 3.20. The molecule has 0 saturated heterocycles. The lowest BCUT2D eigenvalue weighted by Crippen LogP contribution is -2.16. The summed E-state index contributed by atoms with van der Waals surface area (Å²) in [6.45, 7) is 1.93. The summed E-state index contributed by atoms with van der Waals surface area (Å²) >= 11 is 12.2. The smallest absolute Gasteiger partial charge is 0.379 e. The van der Waals surface area contributed by atoms with Crippen molar-refractivity contribution in [2.75, 3.05) is 0 Å². The van der Waals surface area contributed by atoms with Gasteiger partial charge in [-0.3, -0.25) is 4.79 Å². The molecule has 2 heterocycles. The summed E-state index contributed by atoms with van der Waals surface area (Å²) in [7, 11) is 0. The van der Waals surface area contributed by atoms with Crippen LogP contribution in [-0.2, 0) is 0 Å². The molecular weight excluding hydrogens is 403 g/mol. The minimum absolute atomic E-state index is 0.0431. The molecule has 5 nitrogen and oxygen atoms in total. The third-order valence-corrected chi connectivity index (χ3v) is 4.60. The molecule has 0 N–H and O–H groups in total. The molecule has 2 aromatic carbocycles. The highest BCUT2D eigenvalue weighted by Crippen LogP contribution is 2.35. The Hall–Kier alpha value is -3.02. The Bertz CT molecular complexity index is 1240. The van der Waals surface area contributed by atoms with Gasteiger partial charge in [0.25, 0.3) is 0 Å². The predicted octanol–water partition coefficient (Wildman–Crippen LogP) is 5.89. The quantitative estimate of drug-likeness (QED) is 0.391. The van der Waals surface area contributed by atoms with Gasteiger partial charge in [0.2, 0.25) is 16.9 Å². The number of halogens is 2. The SMILES string of the molecule is Cc1ccc(-c2oc3c(Cl)cc(Cl)cc3c(=O)c2OC(=O)c2ccco2)cc1. The highest BCUT2D eigenvalue weighted by atomic mass is 35.5. The minimum Gasteiger partial charge on any atom is -0.457 e. The van der Waals surface area contributed by atoms with Gasteiger partial charge in [-0.15, -0.1) is 0 Å². The molecule has 7 heteroatoms. The van der Waals surface area contributed by atoms with Crippen molar-refractivity contribution in [2.45, 2.75) is 6.92 Å². The number of carbonyl (C=O) groups excluding carboxylic acids is 1. The van der Waals surface area contributed by atoms with Crippen molar-refractivity contribution < 1.29 is 18.4 Å². The fraction of sp³-hybridized carbons (Fsp3) is 0.0476. The Morgan fingerprint density at radius 2 is 1.82 bits per heavy atom. The van der Waals surface area contributed by atoms with Gasteiger partial charge < -0.3 is 13.6 Å². The Morgan fingerprint density at radius 3 is 2.50 bits per heavy atom. The van der Waals surface area contributed by atoms with Gasteiger partial charge in [-0.05, 0) is 31.2 Å². The average molecular weight is 415 g/mol. The molecule has 140 valence electrons. The van der Waals surface area contributed by atoms with Crippen molar-refractivity contribution in [3.8, 4) is 17.1 Å². The number of hydrogen-bond donors (Lipinski definition) is 0. The first-order chi connectivity index (χ1) is 13.4. The standard InChI is InChI=1S/C21H12Cl2O5/c1-11-4-6-12(7-5-11)18-20(28-21(25)16-3-2-8-26-16)17(24)14-9-13(22)10-15(23)19(14)27-18/h2-10H,1H3. The van der Waals surface area contributed by atoms with Crippen LogP contribution in [0.3, 0.4) is 0 Å². The van der Waals surface area contributed by atoms with E-state index in [0.717, 1.165) is 5.56 Å². The van der Waals surface area contributed by atoms with E-state index in [1.54, 1.807) is 18.2 Å². The number of furan rings is 1. The third kappa shape index (κ3) is 3.30. The summed E-state index contributed by atoms with van der Waals surface area (Å²) in [5, 5.41) is 0.545. The second kappa shape index (κ2) is 7.19. The Morgan fingerprint density at radius 1 is 1.07 bits per heavy atom. The Kier molecular flexibility index (Phi) is 4.71. The molecule has 4 aromatic rings. The maximum Gasteiger partial charge on any atom is 0.379 e. The zero-order valence-electron chi connectivity index (χ0n) is 14.5. The lowest BCUT2D eigenvalue weighted by Gasteiger charge is -2.11. The van der Waals surface area contributed by atoms with Gasteiger partial charge in [-0.1, -0.05) is 53.0 Å². The maximum atomic E-state index is 13.1. The van der Waals surface area contributed by atoms with Gasteiger partial charge >= 0.3 is 5.97 Å². The van der Waals surface area contributed by atoms with Gasteiger partial charge in [-0.25, -0.2) is 4.79 Å². The number of rotatable bonds is 3. The topological polar surface area (TPSA) is 69.7 Å². The summed E-state index contributed by atoms with van der Waals surface area (Å²) < 4.78 is 16.3. The predicted molar refractivity (Wildman–Crippen MR) is 106 cm³/mol. The van der Waals surface area contributed by atoms with Crippen molar-refractivity contribution in [3.05, 3.63) is 86.4 Å². The van der Waals surface area contributed by atoms with E-state index in [2.05, 4.69) is 0 Å². The number of fused-ring (bicyclic) bond motifs is 1. The summed E-state index contributed by atoms with van der Waals surface area (Å²) in [4.78, 5) is 25.5. The number of carbonyl (C=O) groups is 1. The molecule has 2 aromatic heterocycles. The van der Waals surface area contributed by atoms with Crippen LogP contribution in [0.5, 0.6) is 5.75 Å². The van der Waals surface area contributed by atoms with Crippen LogP contribution in [0.4, 0.5) is 0 Å². The summed E-state index contributed by atoms with van der Waals surface area (Å²) in [5.41, 5.74) is 1.16. The van der Waals surface area contributed by atoms with E-state index in [-0.39, 0.29) is 38.3 Å². The van der Waals surface area contributed by atoms with E-state index in [1.165, 1.54) is 24.5 Å². The second-order valence-corrected chi connectivity index (χ2v) is 6.93. The van der Waals surface area contributed by atoms with E-state index in [1.807, 2.05) is 19.1 Å². The molecule has 0 aliphatic heterocycles. The molecule has 0 saturated carbocycles. The monoisotopic (exact) mass is 414 g/mol. The zero-order valence-corrected chi connectivity index (χ0v) is 16.0. The maximum absolute atomic E-state index is 13.1. The van der Waals surface area contributed by atoms with Gasteiger partial charge in [0, 0.05) is 10.6 Å². The van der Waals surface area contributed by atoms with E-state index >= 15 is 0 Å². The molecule has 0 bridgehead atoms. The van der Waals surface area contributed by atoms with E-state index in [0.29, 0.717) is 5.56 Å². The fourth-order valence-electron chi connectivity index (χ4n) is 2.73. The molecule has 4 rings (SSSR count). The van der Waals surface area contributed by atoms with Crippen molar-refractivity contribution in [1.29, 1.82) is 0 Å². The zero-order chi connectivity index (χ0) is 19.8. The highest BCUT2D eigenvalue weighted by molar-refractivity contribution is 6.38. The number of hydrogen-bond acceptors (Lipinski definition) is 5. The highest BCUT2D eigenvalue weighted by Gasteiger charge is 2.23. The molecule has 0 fully saturated rings. The van der Waals surface area contributed by atoms with Crippen LogP contribution in [0.25, 0.3) is 22.3 Å². The van der Waals surface area contributed by atoms with Gasteiger partial charge in [0.05, 0.1) is 16.7 Å². The van der Waals surface area contributed by atoms with Crippen molar-refractivity contribution >= 4 is 40.1 Å². The van der Waals surface area contributed by atoms with Crippen molar-refractivity contribution in [1.82, 2.24) is 0 Å². The first kappa shape index (κ1) is 18.3. The second-order valence-electron chi connectivity index (χ2n) is 6.09. The normalized spacial score (nSPS) is 11.0. The molecule has 28 heavy (non-hydrogen) atoms. The van der Waals surface area contributed by atoms with Crippen molar-refractivity contribution in [3.63, 3.8) is 0 Å². The molecule has 0 aliphatic rings. The minimum atomic E-state index is -0.821. The molecule has 0 amide bonds. The number of aryl methyl sites for hydroxylation is 1. The summed E-state index contributed by atoms with van der Waals surface area (Å²) in [6, 6.07) is 13.1.